The molecule has 0 aliphatic carbocycles. The van der Waals surface area contributed by atoms with Crippen molar-refractivity contribution >= 4 is 11.8 Å². The van der Waals surface area contributed by atoms with E-state index in [-0.39, 0.29) is 0 Å². The van der Waals surface area contributed by atoms with E-state index in [9.17, 15) is 0 Å². The van der Waals surface area contributed by atoms with Crippen LogP contribution in [0.5, 0.6) is 0 Å². The summed E-state index contributed by atoms with van der Waals surface area (Å²) < 4.78 is 0. The van der Waals surface area contributed by atoms with Crippen LogP contribution >= 0.6 is 11.8 Å². The molecule has 0 aliphatic rings. The first-order valence-electron chi connectivity index (χ1n) is 11.4. The third kappa shape index (κ3) is 24.3. The fourth-order valence-corrected chi connectivity index (χ4v) is 4.33. The number of thioether (sulfide) groups is 1. The van der Waals surface area contributed by atoms with Crippen molar-refractivity contribution in [2.45, 2.75) is 110 Å². The van der Waals surface area contributed by atoms with Crippen LogP contribution in [0.25, 0.3) is 0 Å². The van der Waals surface area contributed by atoms with Gasteiger partial charge in [-0.3, -0.25) is 0 Å². The second-order valence-corrected chi connectivity index (χ2v) is 9.77. The maximum atomic E-state index is 2.34. The summed E-state index contributed by atoms with van der Waals surface area (Å²) in [4.78, 5) is 2.28. The van der Waals surface area contributed by atoms with Crippen LogP contribution in [0.4, 0.5) is 0 Å². The lowest BCUT2D eigenvalue weighted by Crippen LogP contribution is -2.14. The van der Waals surface area contributed by atoms with Gasteiger partial charge in [-0.2, -0.15) is 11.8 Å². The Kier molecular flexibility index (Phi) is 20.9. The van der Waals surface area contributed by atoms with Gasteiger partial charge in [-0.05, 0) is 32.2 Å². The predicted octanol–water partition coefficient (Wildman–Crippen LogP) is 7.79. The zero-order valence-corrected chi connectivity index (χ0v) is 19.0. The van der Waals surface area contributed by atoms with Gasteiger partial charge < -0.3 is 4.90 Å². The summed E-state index contributed by atoms with van der Waals surface area (Å²) in [5, 5.41) is 0. The lowest BCUT2D eigenvalue weighted by Gasteiger charge is -2.08. The number of nitrogens with zero attached hydrogens (tertiary/aromatic N) is 1. The van der Waals surface area contributed by atoms with Crippen LogP contribution in [0, 0.1) is 5.92 Å². The molecule has 0 N–H and O–H groups in total. The van der Waals surface area contributed by atoms with Crippen molar-refractivity contribution in [1.29, 1.82) is 0 Å². The summed E-state index contributed by atoms with van der Waals surface area (Å²) in [5.74, 6) is 3.56. The maximum Gasteiger partial charge on any atom is 0.00662 e. The van der Waals surface area contributed by atoms with Crippen LogP contribution in [0.15, 0.2) is 0 Å². The second-order valence-electron chi connectivity index (χ2n) is 8.55. The third-order valence-electron chi connectivity index (χ3n) is 5.00. The average Bonchev–Trinajstić information content (AvgIpc) is 2.56. The van der Waals surface area contributed by atoms with Gasteiger partial charge in [0.25, 0.3) is 0 Å². The topological polar surface area (TPSA) is 3.24 Å². The van der Waals surface area contributed by atoms with E-state index >= 15 is 0 Å². The Morgan fingerprint density at radius 1 is 0.560 bits per heavy atom. The highest BCUT2D eigenvalue weighted by Crippen LogP contribution is 2.15. The zero-order chi connectivity index (χ0) is 18.6. The number of hydrogen-bond acceptors (Lipinski definition) is 2. The minimum atomic E-state index is 0.895. The summed E-state index contributed by atoms with van der Waals surface area (Å²) >= 11 is 2.13. The largest absolute Gasteiger partial charge is 0.309 e. The Morgan fingerprint density at radius 3 is 1.36 bits per heavy atom. The molecule has 152 valence electrons. The molecule has 0 spiro atoms. The number of hydrogen-bond donors (Lipinski definition) is 0. The summed E-state index contributed by atoms with van der Waals surface area (Å²) in [6.07, 6.45) is 22.0. The van der Waals surface area contributed by atoms with Crippen LogP contribution in [-0.4, -0.2) is 37.0 Å². The van der Waals surface area contributed by atoms with Gasteiger partial charge in [0, 0.05) is 12.3 Å². The zero-order valence-electron chi connectivity index (χ0n) is 18.2. The number of unbranched alkanes of at least 4 members (excludes halogenated alkanes) is 13. The maximum absolute atomic E-state index is 2.34. The fraction of sp³-hybridized carbons (Fsp3) is 1.00. The quantitative estimate of drug-likeness (QED) is 0.201. The SMILES string of the molecule is CC(C)CCCCCCCCCCCCCCCCSCCN(C)C. The Morgan fingerprint density at radius 2 is 0.960 bits per heavy atom. The van der Waals surface area contributed by atoms with Crippen LogP contribution in [0.3, 0.4) is 0 Å². The predicted molar refractivity (Wildman–Crippen MR) is 120 cm³/mol. The molecule has 0 saturated carbocycles. The van der Waals surface area contributed by atoms with E-state index in [0.717, 1.165) is 5.92 Å². The van der Waals surface area contributed by atoms with Gasteiger partial charge in [0.15, 0.2) is 0 Å². The normalized spacial score (nSPS) is 11.8. The van der Waals surface area contributed by atoms with Crippen molar-refractivity contribution in [2.75, 3.05) is 32.1 Å². The molecule has 0 aromatic rings. The van der Waals surface area contributed by atoms with E-state index in [1.54, 1.807) is 0 Å². The fourth-order valence-electron chi connectivity index (χ4n) is 3.23. The molecule has 0 atom stereocenters. The first-order valence-corrected chi connectivity index (χ1v) is 12.5. The van der Waals surface area contributed by atoms with Gasteiger partial charge in [0.1, 0.15) is 0 Å². The van der Waals surface area contributed by atoms with Gasteiger partial charge in [-0.1, -0.05) is 104 Å². The molecular weight excluding hydrogens is 322 g/mol. The van der Waals surface area contributed by atoms with Crippen molar-refractivity contribution in [2.24, 2.45) is 5.92 Å². The molecule has 0 radical (unpaired) electrons. The van der Waals surface area contributed by atoms with Gasteiger partial charge >= 0.3 is 0 Å². The monoisotopic (exact) mass is 371 g/mol. The van der Waals surface area contributed by atoms with E-state index in [1.807, 2.05) is 0 Å². The Bertz CT molecular complexity index is 216. The lowest BCUT2D eigenvalue weighted by atomic mass is 10.0. The molecular formula is C23H49NS. The van der Waals surface area contributed by atoms with Crippen LogP contribution in [-0.2, 0) is 0 Å². The van der Waals surface area contributed by atoms with E-state index in [0.29, 0.717) is 0 Å². The Hall–Kier alpha value is 0.310. The van der Waals surface area contributed by atoms with Crippen molar-refractivity contribution in [3.8, 4) is 0 Å². The lowest BCUT2D eigenvalue weighted by molar-refractivity contribution is 0.437. The highest BCUT2D eigenvalue weighted by molar-refractivity contribution is 7.99. The molecule has 0 aromatic carbocycles. The van der Waals surface area contributed by atoms with Gasteiger partial charge in [-0.25, -0.2) is 0 Å². The van der Waals surface area contributed by atoms with Crippen LogP contribution in [0.1, 0.15) is 110 Å². The van der Waals surface area contributed by atoms with Crippen LogP contribution in [0.2, 0.25) is 0 Å². The smallest absolute Gasteiger partial charge is 0.00662 e. The van der Waals surface area contributed by atoms with E-state index in [4.69, 9.17) is 0 Å². The average molecular weight is 372 g/mol. The van der Waals surface area contributed by atoms with Gasteiger partial charge in [0.05, 0.1) is 0 Å². The first-order chi connectivity index (χ1) is 12.1. The van der Waals surface area contributed by atoms with Gasteiger partial charge in [0.2, 0.25) is 0 Å². The molecule has 0 aliphatic heterocycles. The minimum absolute atomic E-state index is 0.895. The number of rotatable bonds is 20. The molecule has 25 heavy (non-hydrogen) atoms. The Balaban J connectivity index is 2.98. The molecule has 0 heterocycles. The van der Waals surface area contributed by atoms with E-state index < -0.39 is 0 Å². The summed E-state index contributed by atoms with van der Waals surface area (Å²) in [7, 11) is 4.32. The van der Waals surface area contributed by atoms with E-state index in [1.165, 1.54) is 114 Å². The van der Waals surface area contributed by atoms with Crippen molar-refractivity contribution in [1.82, 2.24) is 4.90 Å². The molecule has 0 rings (SSSR count). The molecule has 0 bridgehead atoms. The third-order valence-corrected chi connectivity index (χ3v) is 6.05. The standard InChI is InChI=1S/C23H49NS/c1-23(2)19-17-15-13-11-9-7-5-6-8-10-12-14-16-18-21-25-22-20-24(3)4/h23H,5-22H2,1-4H3. The first kappa shape index (κ1) is 25.3. The van der Waals surface area contributed by atoms with Crippen molar-refractivity contribution < 1.29 is 0 Å². The van der Waals surface area contributed by atoms with E-state index in [2.05, 4.69) is 44.6 Å². The van der Waals surface area contributed by atoms with Crippen molar-refractivity contribution in [3.63, 3.8) is 0 Å². The van der Waals surface area contributed by atoms with Crippen LogP contribution < -0.4 is 0 Å². The second kappa shape index (κ2) is 20.6. The summed E-state index contributed by atoms with van der Waals surface area (Å²) in [6, 6.07) is 0. The molecule has 0 unspecified atom stereocenters. The molecule has 1 nitrogen and oxygen atoms in total. The van der Waals surface area contributed by atoms with Crippen molar-refractivity contribution in [3.05, 3.63) is 0 Å². The summed E-state index contributed by atoms with van der Waals surface area (Å²) in [5.41, 5.74) is 0. The van der Waals surface area contributed by atoms with Gasteiger partial charge in [-0.15, -0.1) is 0 Å². The Labute approximate surface area is 165 Å². The highest BCUT2D eigenvalue weighted by Gasteiger charge is 1.96. The molecule has 0 saturated heterocycles. The molecule has 0 amide bonds. The molecule has 0 fully saturated rings. The molecule has 0 aromatic heterocycles. The molecule has 2 heteroatoms. The highest BCUT2D eigenvalue weighted by atomic mass is 32.2. The summed E-state index contributed by atoms with van der Waals surface area (Å²) in [6.45, 7) is 5.90. The minimum Gasteiger partial charge on any atom is -0.309 e.